The van der Waals surface area contributed by atoms with Crippen LogP contribution in [0.25, 0.3) is 0 Å². The first-order valence-corrected chi connectivity index (χ1v) is 4.33. The van der Waals surface area contributed by atoms with Gasteiger partial charge >= 0.3 is 0 Å². The average Bonchev–Trinajstić information content (AvgIpc) is 2.52. The largest absolute Gasteiger partial charge is 0.356 e. The molecule has 4 heteroatoms. The van der Waals surface area contributed by atoms with E-state index in [9.17, 15) is 4.79 Å². The van der Waals surface area contributed by atoms with E-state index in [1.54, 1.807) is 0 Å². The molecular formula is C8H17ClN2O. The molecule has 1 saturated heterocycles. The van der Waals surface area contributed by atoms with Crippen LogP contribution in [0.2, 0.25) is 0 Å². The standard InChI is InChI=1S/C8H16N2O.ClH/c1-2-4-10-8(11)7-3-5-9-6-7;/h7,9H,2-6H2,1H3,(H,10,11);1H/t7-;/m0./s1. The molecule has 12 heavy (non-hydrogen) atoms. The molecular weight excluding hydrogens is 176 g/mol. The number of carbonyl (C=O) groups is 1. The second-order valence-corrected chi connectivity index (χ2v) is 2.98. The Bertz CT molecular complexity index is 135. The van der Waals surface area contributed by atoms with Crippen molar-refractivity contribution in [2.45, 2.75) is 19.8 Å². The van der Waals surface area contributed by atoms with Crippen molar-refractivity contribution in [3.63, 3.8) is 0 Å². The van der Waals surface area contributed by atoms with Gasteiger partial charge in [0.2, 0.25) is 5.91 Å². The Hall–Kier alpha value is -0.280. The Morgan fingerprint density at radius 2 is 2.42 bits per heavy atom. The van der Waals surface area contributed by atoms with Crippen molar-refractivity contribution >= 4 is 18.3 Å². The number of hydrogen-bond donors (Lipinski definition) is 2. The molecule has 0 spiro atoms. The Labute approximate surface area is 79.7 Å². The molecule has 0 aromatic rings. The summed E-state index contributed by atoms with van der Waals surface area (Å²) in [6.07, 6.45) is 2.02. The molecule has 1 aliphatic heterocycles. The van der Waals surface area contributed by atoms with Gasteiger partial charge in [0.05, 0.1) is 5.92 Å². The molecule has 3 nitrogen and oxygen atoms in total. The molecule has 1 fully saturated rings. The zero-order chi connectivity index (χ0) is 8.10. The number of amides is 1. The van der Waals surface area contributed by atoms with Gasteiger partial charge in [-0.15, -0.1) is 12.4 Å². The van der Waals surface area contributed by atoms with Gasteiger partial charge in [-0.05, 0) is 19.4 Å². The van der Waals surface area contributed by atoms with Crippen LogP contribution in [0.1, 0.15) is 19.8 Å². The third-order valence-corrected chi connectivity index (χ3v) is 1.98. The van der Waals surface area contributed by atoms with Crippen LogP contribution < -0.4 is 10.6 Å². The summed E-state index contributed by atoms with van der Waals surface area (Å²) in [5.41, 5.74) is 0. The number of rotatable bonds is 3. The van der Waals surface area contributed by atoms with E-state index in [1.807, 2.05) is 0 Å². The van der Waals surface area contributed by atoms with Gasteiger partial charge in [0.15, 0.2) is 0 Å². The van der Waals surface area contributed by atoms with E-state index >= 15 is 0 Å². The van der Waals surface area contributed by atoms with Gasteiger partial charge < -0.3 is 10.6 Å². The fourth-order valence-electron chi connectivity index (χ4n) is 1.27. The lowest BCUT2D eigenvalue weighted by molar-refractivity contribution is -0.124. The summed E-state index contributed by atoms with van der Waals surface area (Å²) >= 11 is 0. The van der Waals surface area contributed by atoms with E-state index in [4.69, 9.17) is 0 Å². The molecule has 0 unspecified atom stereocenters. The Kier molecular flexibility index (Phi) is 6.11. The minimum absolute atomic E-state index is 0. The van der Waals surface area contributed by atoms with Crippen molar-refractivity contribution in [1.29, 1.82) is 0 Å². The highest BCUT2D eigenvalue weighted by Gasteiger charge is 2.21. The summed E-state index contributed by atoms with van der Waals surface area (Å²) < 4.78 is 0. The van der Waals surface area contributed by atoms with Crippen LogP contribution >= 0.6 is 12.4 Å². The van der Waals surface area contributed by atoms with E-state index in [0.717, 1.165) is 32.5 Å². The van der Waals surface area contributed by atoms with Gasteiger partial charge in [0.1, 0.15) is 0 Å². The molecule has 0 aliphatic carbocycles. The Balaban J connectivity index is 0.00000121. The minimum Gasteiger partial charge on any atom is -0.356 e. The normalized spacial score (nSPS) is 21.6. The van der Waals surface area contributed by atoms with E-state index in [0.29, 0.717) is 0 Å². The summed E-state index contributed by atoms with van der Waals surface area (Å²) in [6, 6.07) is 0. The third-order valence-electron chi connectivity index (χ3n) is 1.98. The lowest BCUT2D eigenvalue weighted by Gasteiger charge is -2.07. The number of nitrogens with one attached hydrogen (secondary N) is 2. The molecule has 1 atom stereocenters. The number of carbonyl (C=O) groups excluding carboxylic acids is 1. The number of halogens is 1. The molecule has 1 amide bonds. The van der Waals surface area contributed by atoms with Crippen LogP contribution in [0.15, 0.2) is 0 Å². The molecule has 0 radical (unpaired) electrons. The summed E-state index contributed by atoms with van der Waals surface area (Å²) in [5, 5.41) is 6.06. The smallest absolute Gasteiger partial charge is 0.224 e. The van der Waals surface area contributed by atoms with Crippen LogP contribution in [-0.2, 0) is 4.79 Å². The van der Waals surface area contributed by atoms with E-state index in [-0.39, 0.29) is 24.2 Å². The molecule has 0 saturated carbocycles. The molecule has 1 rings (SSSR count). The molecule has 0 aromatic carbocycles. The predicted molar refractivity (Wildman–Crippen MR) is 51.5 cm³/mol. The molecule has 72 valence electrons. The van der Waals surface area contributed by atoms with Crippen molar-refractivity contribution in [3.8, 4) is 0 Å². The highest BCUT2D eigenvalue weighted by Crippen LogP contribution is 2.06. The highest BCUT2D eigenvalue weighted by molar-refractivity contribution is 5.85. The minimum atomic E-state index is 0. The van der Waals surface area contributed by atoms with E-state index < -0.39 is 0 Å². The summed E-state index contributed by atoms with van der Waals surface area (Å²) in [4.78, 5) is 11.3. The summed E-state index contributed by atoms with van der Waals surface area (Å²) in [5.74, 6) is 0.443. The van der Waals surface area contributed by atoms with Gasteiger partial charge in [0, 0.05) is 13.1 Å². The first-order valence-electron chi connectivity index (χ1n) is 4.33. The topological polar surface area (TPSA) is 41.1 Å². The quantitative estimate of drug-likeness (QED) is 0.686. The van der Waals surface area contributed by atoms with Crippen molar-refractivity contribution in [2.24, 2.45) is 5.92 Å². The molecule has 1 heterocycles. The second kappa shape index (κ2) is 6.26. The first-order chi connectivity index (χ1) is 5.34. The van der Waals surface area contributed by atoms with Crippen molar-refractivity contribution in [1.82, 2.24) is 10.6 Å². The lowest BCUT2D eigenvalue weighted by atomic mass is 10.1. The highest BCUT2D eigenvalue weighted by atomic mass is 35.5. The van der Waals surface area contributed by atoms with Gasteiger partial charge in [-0.25, -0.2) is 0 Å². The molecule has 1 aliphatic rings. The van der Waals surface area contributed by atoms with Gasteiger partial charge in [0.25, 0.3) is 0 Å². The maximum atomic E-state index is 11.3. The SMILES string of the molecule is CCCNC(=O)[C@H]1CCNC1.Cl. The van der Waals surface area contributed by atoms with Crippen LogP contribution in [0.5, 0.6) is 0 Å². The first kappa shape index (κ1) is 11.7. The van der Waals surface area contributed by atoms with Gasteiger partial charge in [-0.2, -0.15) is 0 Å². The van der Waals surface area contributed by atoms with Crippen LogP contribution in [-0.4, -0.2) is 25.5 Å². The maximum Gasteiger partial charge on any atom is 0.224 e. The van der Waals surface area contributed by atoms with Crippen LogP contribution in [0.3, 0.4) is 0 Å². The van der Waals surface area contributed by atoms with Crippen molar-refractivity contribution in [2.75, 3.05) is 19.6 Å². The zero-order valence-electron chi connectivity index (χ0n) is 7.43. The van der Waals surface area contributed by atoms with Crippen LogP contribution in [0.4, 0.5) is 0 Å². The van der Waals surface area contributed by atoms with Gasteiger partial charge in [-0.1, -0.05) is 6.92 Å². The fraction of sp³-hybridized carbons (Fsp3) is 0.875. The van der Waals surface area contributed by atoms with E-state index in [2.05, 4.69) is 17.6 Å². The van der Waals surface area contributed by atoms with E-state index in [1.165, 1.54) is 0 Å². The Morgan fingerprint density at radius 1 is 1.67 bits per heavy atom. The van der Waals surface area contributed by atoms with Crippen LogP contribution in [0, 0.1) is 5.92 Å². The average molecular weight is 193 g/mol. The summed E-state index contributed by atoms with van der Waals surface area (Å²) in [7, 11) is 0. The fourth-order valence-corrected chi connectivity index (χ4v) is 1.27. The second-order valence-electron chi connectivity index (χ2n) is 2.98. The van der Waals surface area contributed by atoms with Gasteiger partial charge in [-0.3, -0.25) is 4.79 Å². The third kappa shape index (κ3) is 3.41. The molecule has 2 N–H and O–H groups in total. The Morgan fingerprint density at radius 3 is 2.92 bits per heavy atom. The zero-order valence-corrected chi connectivity index (χ0v) is 8.25. The number of hydrogen-bond acceptors (Lipinski definition) is 2. The molecule has 0 bridgehead atoms. The van der Waals surface area contributed by atoms with Crippen molar-refractivity contribution < 1.29 is 4.79 Å². The molecule has 0 aromatic heterocycles. The monoisotopic (exact) mass is 192 g/mol. The maximum absolute atomic E-state index is 11.3. The van der Waals surface area contributed by atoms with Crippen molar-refractivity contribution in [3.05, 3.63) is 0 Å². The predicted octanol–water partition coefficient (Wildman–Crippen LogP) is 0.544. The summed E-state index contributed by atoms with van der Waals surface area (Å²) in [6.45, 7) is 4.72. The lowest BCUT2D eigenvalue weighted by Crippen LogP contribution is -2.32.